The topological polar surface area (TPSA) is 12.9 Å². The molecule has 0 saturated heterocycles. The van der Waals surface area contributed by atoms with Crippen molar-refractivity contribution in [3.63, 3.8) is 0 Å². The van der Waals surface area contributed by atoms with Crippen molar-refractivity contribution in [1.29, 1.82) is 0 Å². The maximum Gasteiger partial charge on any atom is 0.123 e. The third kappa shape index (κ3) is 2.22. The van der Waals surface area contributed by atoms with Crippen LogP contribution in [0.4, 0.5) is 4.39 Å². The molecule has 2 aromatic carbocycles. The number of aromatic nitrogens is 1. The normalized spacial score (nSPS) is 10.9. The molecule has 3 aromatic rings. The van der Waals surface area contributed by atoms with Crippen LogP contribution in [0.1, 0.15) is 11.1 Å². The minimum atomic E-state index is -0.218. The molecular weight excluding hydrogens is 237 g/mol. The Bertz CT molecular complexity index is 742. The fraction of sp³-hybridized carbons (Fsp3) is 0.118. The van der Waals surface area contributed by atoms with Crippen molar-refractivity contribution in [2.24, 2.45) is 0 Å². The number of nitrogens with zero attached hydrogens (tertiary/aromatic N) is 1. The summed E-state index contributed by atoms with van der Waals surface area (Å²) in [5.41, 5.74) is 4.39. The minimum absolute atomic E-state index is 0.218. The van der Waals surface area contributed by atoms with Crippen molar-refractivity contribution >= 4 is 10.8 Å². The zero-order valence-electron chi connectivity index (χ0n) is 10.9. The third-order valence-corrected chi connectivity index (χ3v) is 3.22. The summed E-state index contributed by atoms with van der Waals surface area (Å²) in [6, 6.07) is 13.0. The molecule has 0 atom stereocenters. The summed E-state index contributed by atoms with van der Waals surface area (Å²) in [6.45, 7) is 4.14. The van der Waals surface area contributed by atoms with Crippen LogP contribution in [0.3, 0.4) is 0 Å². The van der Waals surface area contributed by atoms with Gasteiger partial charge in [0.2, 0.25) is 0 Å². The lowest BCUT2D eigenvalue weighted by Gasteiger charge is -2.08. The van der Waals surface area contributed by atoms with E-state index >= 15 is 0 Å². The summed E-state index contributed by atoms with van der Waals surface area (Å²) in [5, 5.41) is 1.86. The number of rotatable bonds is 1. The van der Waals surface area contributed by atoms with Gasteiger partial charge < -0.3 is 0 Å². The van der Waals surface area contributed by atoms with E-state index in [0.29, 0.717) is 0 Å². The predicted octanol–water partition coefficient (Wildman–Crippen LogP) is 4.66. The molecule has 0 unspecified atom stereocenters. The van der Waals surface area contributed by atoms with Crippen LogP contribution in [0.2, 0.25) is 0 Å². The largest absolute Gasteiger partial charge is 0.256 e. The molecule has 1 nitrogen and oxygen atoms in total. The van der Waals surface area contributed by atoms with Gasteiger partial charge in [-0.2, -0.15) is 0 Å². The van der Waals surface area contributed by atoms with Crippen LogP contribution in [0, 0.1) is 19.7 Å². The number of benzene rings is 2. The van der Waals surface area contributed by atoms with Crippen molar-refractivity contribution in [3.05, 3.63) is 65.6 Å². The summed E-state index contributed by atoms with van der Waals surface area (Å²) in [4.78, 5) is 4.47. The van der Waals surface area contributed by atoms with Crippen LogP contribution >= 0.6 is 0 Å². The monoisotopic (exact) mass is 251 g/mol. The van der Waals surface area contributed by atoms with E-state index in [1.165, 1.54) is 17.2 Å². The second-order valence-electron chi connectivity index (χ2n) is 4.90. The number of halogens is 1. The molecule has 0 amide bonds. The molecule has 0 aliphatic heterocycles. The summed E-state index contributed by atoms with van der Waals surface area (Å²) < 4.78 is 13.3. The maximum absolute atomic E-state index is 13.3. The van der Waals surface area contributed by atoms with Gasteiger partial charge in [-0.05, 0) is 55.6 Å². The lowest BCUT2D eigenvalue weighted by Crippen LogP contribution is -1.89. The smallest absolute Gasteiger partial charge is 0.123 e. The van der Waals surface area contributed by atoms with Crippen molar-refractivity contribution in [2.45, 2.75) is 13.8 Å². The van der Waals surface area contributed by atoms with Gasteiger partial charge in [0.05, 0.1) is 5.69 Å². The Balaban J connectivity index is 2.30. The first kappa shape index (κ1) is 11.8. The highest BCUT2D eigenvalue weighted by Gasteiger charge is 2.07. The highest BCUT2D eigenvalue weighted by Crippen LogP contribution is 2.28. The van der Waals surface area contributed by atoms with E-state index < -0.39 is 0 Å². The van der Waals surface area contributed by atoms with Crippen LogP contribution < -0.4 is 0 Å². The van der Waals surface area contributed by atoms with Gasteiger partial charge >= 0.3 is 0 Å². The summed E-state index contributed by atoms with van der Waals surface area (Å²) in [6.07, 6.45) is 1.73. The van der Waals surface area contributed by atoms with Crippen LogP contribution in [-0.2, 0) is 0 Å². The lowest BCUT2D eigenvalue weighted by atomic mass is 10.0. The van der Waals surface area contributed by atoms with Crippen molar-refractivity contribution in [3.8, 4) is 11.3 Å². The Labute approximate surface area is 111 Å². The van der Waals surface area contributed by atoms with E-state index in [-0.39, 0.29) is 5.82 Å². The average Bonchev–Trinajstić information content (AvgIpc) is 2.36. The number of fused-ring (bicyclic) bond motifs is 1. The highest BCUT2D eigenvalue weighted by atomic mass is 19.1. The fourth-order valence-electron chi connectivity index (χ4n) is 2.49. The second-order valence-corrected chi connectivity index (χ2v) is 4.90. The number of aryl methyl sites for hydroxylation is 2. The minimum Gasteiger partial charge on any atom is -0.256 e. The molecule has 94 valence electrons. The van der Waals surface area contributed by atoms with Gasteiger partial charge in [0.15, 0.2) is 0 Å². The van der Waals surface area contributed by atoms with Crippen LogP contribution in [0.5, 0.6) is 0 Å². The lowest BCUT2D eigenvalue weighted by molar-refractivity contribution is 0.630. The Kier molecular flexibility index (Phi) is 2.79. The van der Waals surface area contributed by atoms with E-state index in [0.717, 1.165) is 22.0 Å². The van der Waals surface area contributed by atoms with Crippen molar-refractivity contribution in [1.82, 2.24) is 4.98 Å². The number of hydrogen-bond acceptors (Lipinski definition) is 1. The van der Waals surface area contributed by atoms with Gasteiger partial charge in [-0.1, -0.05) is 17.2 Å². The molecule has 0 bridgehead atoms. The molecule has 0 radical (unpaired) electrons. The fourth-order valence-corrected chi connectivity index (χ4v) is 2.49. The molecule has 0 aliphatic carbocycles. The molecule has 0 saturated carbocycles. The van der Waals surface area contributed by atoms with E-state index in [2.05, 4.69) is 37.0 Å². The molecule has 19 heavy (non-hydrogen) atoms. The first-order valence-corrected chi connectivity index (χ1v) is 6.26. The van der Waals surface area contributed by atoms with Gasteiger partial charge in [0, 0.05) is 17.1 Å². The van der Waals surface area contributed by atoms with Gasteiger partial charge in [0.1, 0.15) is 5.82 Å². The van der Waals surface area contributed by atoms with Crippen LogP contribution in [-0.4, -0.2) is 4.98 Å². The van der Waals surface area contributed by atoms with E-state index in [4.69, 9.17) is 0 Å². The molecule has 0 N–H and O–H groups in total. The maximum atomic E-state index is 13.3. The summed E-state index contributed by atoms with van der Waals surface area (Å²) in [5.74, 6) is -0.218. The van der Waals surface area contributed by atoms with E-state index in [1.807, 2.05) is 6.07 Å². The second kappa shape index (κ2) is 4.47. The molecule has 0 fully saturated rings. The SMILES string of the molecule is Cc1cc(C)cc(-c2nccc3cc(F)ccc23)c1. The molecule has 0 aliphatic rings. The molecular formula is C17H14FN. The third-order valence-electron chi connectivity index (χ3n) is 3.22. The van der Waals surface area contributed by atoms with Gasteiger partial charge in [-0.3, -0.25) is 4.98 Å². The Morgan fingerprint density at radius 3 is 2.37 bits per heavy atom. The average molecular weight is 251 g/mol. The van der Waals surface area contributed by atoms with Crippen molar-refractivity contribution < 1.29 is 4.39 Å². The standard InChI is InChI=1S/C17H14FN/c1-11-7-12(2)9-14(8-11)17-16-4-3-15(18)10-13(16)5-6-19-17/h3-10H,1-2H3. The van der Waals surface area contributed by atoms with E-state index in [1.54, 1.807) is 18.3 Å². The molecule has 0 spiro atoms. The molecule has 2 heteroatoms. The molecule has 3 rings (SSSR count). The molecule has 1 aromatic heterocycles. The predicted molar refractivity (Wildman–Crippen MR) is 76.6 cm³/mol. The zero-order chi connectivity index (χ0) is 13.4. The molecule has 1 heterocycles. The van der Waals surface area contributed by atoms with Gasteiger partial charge in [0.25, 0.3) is 0 Å². The Morgan fingerprint density at radius 2 is 1.63 bits per heavy atom. The van der Waals surface area contributed by atoms with Crippen molar-refractivity contribution in [2.75, 3.05) is 0 Å². The number of hydrogen-bond donors (Lipinski definition) is 0. The van der Waals surface area contributed by atoms with Crippen LogP contribution in [0.15, 0.2) is 48.7 Å². The van der Waals surface area contributed by atoms with Crippen LogP contribution in [0.25, 0.3) is 22.0 Å². The summed E-state index contributed by atoms with van der Waals surface area (Å²) in [7, 11) is 0. The van der Waals surface area contributed by atoms with E-state index in [9.17, 15) is 4.39 Å². The highest BCUT2D eigenvalue weighted by molar-refractivity contribution is 5.94. The summed E-state index contributed by atoms with van der Waals surface area (Å²) >= 11 is 0. The van der Waals surface area contributed by atoms with Gasteiger partial charge in [-0.15, -0.1) is 0 Å². The Hall–Kier alpha value is -2.22. The van der Waals surface area contributed by atoms with Gasteiger partial charge in [-0.25, -0.2) is 4.39 Å². The number of pyridine rings is 1. The zero-order valence-corrected chi connectivity index (χ0v) is 10.9. The first-order chi connectivity index (χ1) is 9.13. The Morgan fingerprint density at radius 1 is 0.895 bits per heavy atom. The first-order valence-electron chi connectivity index (χ1n) is 6.26. The quantitative estimate of drug-likeness (QED) is 0.613.